The Morgan fingerprint density at radius 3 is 1.88 bits per heavy atom. The second kappa shape index (κ2) is 14.4. The maximum Gasteiger partial charge on any atom is 0.310 e. The summed E-state index contributed by atoms with van der Waals surface area (Å²) in [7, 11) is 0. The first kappa shape index (κ1) is 26.6. The Kier molecular flexibility index (Phi) is 11.6. The van der Waals surface area contributed by atoms with E-state index in [1.165, 1.54) is 5.56 Å². The molecule has 0 aliphatic carbocycles. The van der Waals surface area contributed by atoms with Crippen LogP contribution in [0.3, 0.4) is 0 Å². The maximum absolute atomic E-state index is 13.2. The van der Waals surface area contributed by atoms with Crippen LogP contribution in [0.4, 0.5) is 0 Å². The third kappa shape index (κ3) is 9.76. The van der Waals surface area contributed by atoms with E-state index in [-0.39, 0.29) is 24.6 Å². The molecule has 0 N–H and O–H groups in total. The monoisotopic (exact) mass is 455 g/mol. The maximum atomic E-state index is 13.2. The van der Waals surface area contributed by atoms with E-state index in [1.54, 1.807) is 6.92 Å². The van der Waals surface area contributed by atoms with E-state index in [0.29, 0.717) is 45.8 Å². The van der Waals surface area contributed by atoms with Gasteiger partial charge in [-0.15, -0.1) is 0 Å². The number of rotatable bonds is 14. The largest absolute Gasteiger partial charge is 0.466 e. The fraction of sp³-hybridized carbons (Fsp3) is 0.481. The molecule has 0 saturated carbocycles. The van der Waals surface area contributed by atoms with Gasteiger partial charge in [0.15, 0.2) is 6.29 Å². The number of ether oxygens (including phenoxy) is 3. The van der Waals surface area contributed by atoms with Gasteiger partial charge in [-0.25, -0.2) is 0 Å². The van der Waals surface area contributed by atoms with Crippen LogP contribution >= 0.6 is 0 Å². The molecule has 0 saturated heterocycles. The molecule has 0 aliphatic rings. The zero-order chi connectivity index (χ0) is 24.1. The van der Waals surface area contributed by atoms with Gasteiger partial charge < -0.3 is 19.1 Å². The number of carbonyl (C=O) groups is 2. The van der Waals surface area contributed by atoms with Crippen LogP contribution in [0.2, 0.25) is 0 Å². The number of nitrogens with zero attached hydrogens (tertiary/aromatic N) is 1. The fourth-order valence-electron chi connectivity index (χ4n) is 3.49. The first-order valence-electron chi connectivity index (χ1n) is 11.7. The zero-order valence-electron chi connectivity index (χ0n) is 20.3. The van der Waals surface area contributed by atoms with Crippen molar-refractivity contribution >= 4 is 11.9 Å². The molecule has 6 heteroatoms. The average Bonchev–Trinajstić information content (AvgIpc) is 2.79. The standard InChI is InChI=1S/C27H37NO5/c1-5-31-26(30)19-23-14-12-22(13-15-23)18-25(29)28(17-16-27(32-6-2)33-7-3)20-24-10-8-21(4)9-11-24/h8-15,27H,5-7,16-20H2,1-4H3. The molecule has 1 amide bonds. The highest BCUT2D eigenvalue weighted by Gasteiger charge is 2.18. The molecule has 0 spiro atoms. The van der Waals surface area contributed by atoms with Gasteiger partial charge in [-0.1, -0.05) is 54.1 Å². The van der Waals surface area contributed by atoms with Crippen LogP contribution in [0, 0.1) is 6.92 Å². The second-order valence-electron chi connectivity index (χ2n) is 7.90. The smallest absolute Gasteiger partial charge is 0.310 e. The van der Waals surface area contributed by atoms with Crippen molar-refractivity contribution in [1.82, 2.24) is 4.90 Å². The topological polar surface area (TPSA) is 65.1 Å². The van der Waals surface area contributed by atoms with Crippen LogP contribution in [-0.4, -0.2) is 49.4 Å². The lowest BCUT2D eigenvalue weighted by Gasteiger charge is -2.26. The lowest BCUT2D eigenvalue weighted by atomic mass is 10.1. The van der Waals surface area contributed by atoms with E-state index in [2.05, 4.69) is 24.3 Å². The summed E-state index contributed by atoms with van der Waals surface area (Å²) >= 11 is 0. The summed E-state index contributed by atoms with van der Waals surface area (Å²) in [6, 6.07) is 15.8. The van der Waals surface area contributed by atoms with Crippen molar-refractivity contribution in [1.29, 1.82) is 0 Å². The first-order valence-corrected chi connectivity index (χ1v) is 11.7. The number of benzene rings is 2. The van der Waals surface area contributed by atoms with Gasteiger partial charge in [-0.2, -0.15) is 0 Å². The Bertz CT molecular complexity index is 842. The van der Waals surface area contributed by atoms with E-state index < -0.39 is 0 Å². The lowest BCUT2D eigenvalue weighted by molar-refractivity contribution is -0.147. The van der Waals surface area contributed by atoms with Crippen molar-refractivity contribution in [2.75, 3.05) is 26.4 Å². The van der Waals surface area contributed by atoms with Crippen molar-refractivity contribution < 1.29 is 23.8 Å². The van der Waals surface area contributed by atoms with E-state index >= 15 is 0 Å². The molecule has 0 heterocycles. The SMILES string of the molecule is CCOC(=O)Cc1ccc(CC(=O)N(CCC(OCC)OCC)Cc2ccc(C)cc2)cc1. The number of amides is 1. The molecular weight excluding hydrogens is 418 g/mol. The highest BCUT2D eigenvalue weighted by atomic mass is 16.7. The summed E-state index contributed by atoms with van der Waals surface area (Å²) in [6.45, 7) is 10.3. The molecule has 0 bridgehead atoms. The third-order valence-electron chi connectivity index (χ3n) is 5.22. The number of carbonyl (C=O) groups excluding carboxylic acids is 2. The van der Waals surface area contributed by atoms with Gasteiger partial charge >= 0.3 is 5.97 Å². The molecule has 0 atom stereocenters. The van der Waals surface area contributed by atoms with Crippen molar-refractivity contribution in [3.63, 3.8) is 0 Å². The molecule has 6 nitrogen and oxygen atoms in total. The van der Waals surface area contributed by atoms with Crippen LogP contribution in [-0.2, 0) is 43.2 Å². The molecule has 2 aromatic carbocycles. The van der Waals surface area contributed by atoms with Crippen LogP contribution in [0.15, 0.2) is 48.5 Å². The van der Waals surface area contributed by atoms with Gasteiger partial charge in [0.2, 0.25) is 5.91 Å². The number of aryl methyl sites for hydroxylation is 1. The molecule has 33 heavy (non-hydrogen) atoms. The summed E-state index contributed by atoms with van der Waals surface area (Å²) in [5.41, 5.74) is 4.06. The highest BCUT2D eigenvalue weighted by molar-refractivity contribution is 5.79. The predicted octanol–water partition coefficient (Wildman–Crippen LogP) is 4.46. The Morgan fingerprint density at radius 2 is 1.33 bits per heavy atom. The molecular formula is C27H37NO5. The lowest BCUT2D eigenvalue weighted by Crippen LogP contribution is -2.35. The van der Waals surface area contributed by atoms with E-state index in [9.17, 15) is 9.59 Å². The minimum absolute atomic E-state index is 0.0421. The van der Waals surface area contributed by atoms with Gasteiger partial charge in [0.25, 0.3) is 0 Å². The minimum atomic E-state index is -0.324. The highest BCUT2D eigenvalue weighted by Crippen LogP contribution is 2.13. The quantitative estimate of drug-likeness (QED) is 0.311. The summed E-state index contributed by atoms with van der Waals surface area (Å²) in [6.07, 6.45) is 0.810. The Morgan fingerprint density at radius 1 is 0.788 bits per heavy atom. The van der Waals surface area contributed by atoms with Crippen LogP contribution < -0.4 is 0 Å². The fourth-order valence-corrected chi connectivity index (χ4v) is 3.49. The van der Waals surface area contributed by atoms with Crippen LogP contribution in [0.1, 0.15) is 49.4 Å². The first-order chi connectivity index (χ1) is 15.9. The van der Waals surface area contributed by atoms with Crippen LogP contribution in [0.25, 0.3) is 0 Å². The third-order valence-corrected chi connectivity index (χ3v) is 5.22. The molecule has 0 fully saturated rings. The van der Waals surface area contributed by atoms with E-state index in [1.807, 2.05) is 49.9 Å². The molecule has 0 aliphatic heterocycles. The Labute approximate surface area is 197 Å². The Balaban J connectivity index is 2.06. The number of esters is 1. The van der Waals surface area contributed by atoms with E-state index in [4.69, 9.17) is 14.2 Å². The summed E-state index contributed by atoms with van der Waals surface area (Å²) in [5.74, 6) is -0.204. The average molecular weight is 456 g/mol. The van der Waals surface area contributed by atoms with Crippen molar-refractivity contribution in [2.24, 2.45) is 0 Å². The second-order valence-corrected chi connectivity index (χ2v) is 7.90. The summed E-state index contributed by atoms with van der Waals surface area (Å²) in [5, 5.41) is 0. The molecule has 0 aromatic heterocycles. The molecule has 2 aromatic rings. The van der Waals surface area contributed by atoms with Gasteiger partial charge in [-0.05, 0) is 44.4 Å². The number of hydrogen-bond acceptors (Lipinski definition) is 5. The normalized spacial score (nSPS) is 10.9. The summed E-state index contributed by atoms with van der Waals surface area (Å²) < 4.78 is 16.3. The molecule has 0 unspecified atom stereocenters. The van der Waals surface area contributed by atoms with Gasteiger partial charge in [0, 0.05) is 32.7 Å². The van der Waals surface area contributed by atoms with Crippen LogP contribution in [0.5, 0.6) is 0 Å². The van der Waals surface area contributed by atoms with Gasteiger partial charge in [0.1, 0.15) is 0 Å². The van der Waals surface area contributed by atoms with Gasteiger partial charge in [0.05, 0.1) is 19.4 Å². The van der Waals surface area contributed by atoms with Gasteiger partial charge in [-0.3, -0.25) is 9.59 Å². The molecule has 180 valence electrons. The van der Waals surface area contributed by atoms with Crippen molar-refractivity contribution in [2.45, 2.75) is 59.8 Å². The molecule has 0 radical (unpaired) electrons. The minimum Gasteiger partial charge on any atom is -0.466 e. The number of hydrogen-bond donors (Lipinski definition) is 0. The van der Waals surface area contributed by atoms with Crippen molar-refractivity contribution in [3.8, 4) is 0 Å². The van der Waals surface area contributed by atoms with Crippen molar-refractivity contribution in [3.05, 3.63) is 70.8 Å². The predicted molar refractivity (Wildman–Crippen MR) is 129 cm³/mol. The molecule has 2 rings (SSSR count). The zero-order valence-corrected chi connectivity index (χ0v) is 20.3. The Hall–Kier alpha value is -2.70. The summed E-state index contributed by atoms with van der Waals surface area (Å²) in [4.78, 5) is 26.8. The van der Waals surface area contributed by atoms with E-state index in [0.717, 1.165) is 16.7 Å².